The van der Waals surface area contributed by atoms with Crippen LogP contribution in [0.2, 0.25) is 0 Å². The van der Waals surface area contributed by atoms with Gasteiger partial charge in [0.1, 0.15) is 30.2 Å². The first-order valence-electron chi connectivity index (χ1n) is 8.42. The second kappa shape index (κ2) is 7.92. The molecule has 1 saturated heterocycles. The molecule has 0 spiro atoms. The molecule has 2 aromatic rings. The van der Waals surface area contributed by atoms with E-state index in [1.54, 1.807) is 0 Å². The molecule has 0 amide bonds. The van der Waals surface area contributed by atoms with Gasteiger partial charge in [-0.25, -0.2) is 4.98 Å². The number of hydrogen-bond acceptors (Lipinski definition) is 7. The van der Waals surface area contributed by atoms with Gasteiger partial charge in [0.05, 0.1) is 17.7 Å². The molecule has 2 unspecified atom stereocenters. The topological polar surface area (TPSA) is 102 Å². The number of aromatic nitrogens is 1. The smallest absolute Gasteiger partial charge is 0.433 e. The molecule has 0 bridgehead atoms. The Kier molecular flexibility index (Phi) is 5.56. The molecule has 1 aromatic carbocycles. The standard InChI is InChI=1S/C18H15F3N4O4/c1-11-6-13(3-5-16(11)25(26)27)24-9-15(29-17(24)18(19,20)21)10-28-14-4-2-12(7-22)23-8-14/h2-6,8,15,17H,9-10H2,1H3. The van der Waals surface area contributed by atoms with Gasteiger partial charge in [0.2, 0.25) is 6.23 Å². The molecule has 11 heteroatoms. The van der Waals surface area contributed by atoms with Crippen LogP contribution in [0.25, 0.3) is 0 Å². The minimum absolute atomic E-state index is 0.120. The number of alkyl halides is 3. The molecule has 8 nitrogen and oxygen atoms in total. The van der Waals surface area contributed by atoms with Crippen LogP contribution in [0.1, 0.15) is 11.3 Å². The number of aryl methyl sites for hydroxylation is 1. The first-order valence-corrected chi connectivity index (χ1v) is 8.42. The maximum atomic E-state index is 13.5. The third-order valence-corrected chi connectivity index (χ3v) is 4.28. The molecule has 0 saturated carbocycles. The molecule has 0 N–H and O–H groups in total. The van der Waals surface area contributed by atoms with Crippen molar-refractivity contribution < 1.29 is 27.6 Å². The number of anilines is 1. The molecular weight excluding hydrogens is 393 g/mol. The number of ether oxygens (including phenoxy) is 2. The molecule has 1 aromatic heterocycles. The molecule has 1 aliphatic heterocycles. The number of rotatable bonds is 5. The minimum Gasteiger partial charge on any atom is -0.489 e. The van der Waals surface area contributed by atoms with E-state index in [4.69, 9.17) is 14.7 Å². The highest BCUT2D eigenvalue weighted by Gasteiger charge is 2.51. The Morgan fingerprint density at radius 1 is 1.41 bits per heavy atom. The summed E-state index contributed by atoms with van der Waals surface area (Å²) >= 11 is 0. The van der Waals surface area contributed by atoms with Gasteiger partial charge in [0.25, 0.3) is 5.69 Å². The number of pyridine rings is 1. The predicted octanol–water partition coefficient (Wildman–Crippen LogP) is 3.34. The van der Waals surface area contributed by atoms with Gasteiger partial charge in [-0.1, -0.05) is 0 Å². The Labute approximate surface area is 163 Å². The number of nitriles is 1. The van der Waals surface area contributed by atoms with Gasteiger partial charge >= 0.3 is 6.18 Å². The van der Waals surface area contributed by atoms with Crippen molar-refractivity contribution in [3.8, 4) is 11.8 Å². The van der Waals surface area contributed by atoms with Crippen LogP contribution < -0.4 is 9.64 Å². The number of hydrogen-bond donors (Lipinski definition) is 0. The van der Waals surface area contributed by atoms with Crippen LogP contribution in [0.15, 0.2) is 36.5 Å². The molecule has 0 aliphatic carbocycles. The van der Waals surface area contributed by atoms with Crippen molar-refractivity contribution in [2.24, 2.45) is 0 Å². The van der Waals surface area contributed by atoms with Gasteiger partial charge in [-0.2, -0.15) is 18.4 Å². The number of halogens is 3. The maximum absolute atomic E-state index is 13.5. The Balaban J connectivity index is 1.75. The van der Waals surface area contributed by atoms with Crippen molar-refractivity contribution in [2.45, 2.75) is 25.4 Å². The van der Waals surface area contributed by atoms with Crippen molar-refractivity contribution in [1.82, 2.24) is 4.98 Å². The first kappa shape index (κ1) is 20.3. The third-order valence-electron chi connectivity index (χ3n) is 4.28. The highest BCUT2D eigenvalue weighted by molar-refractivity contribution is 5.56. The van der Waals surface area contributed by atoms with Crippen molar-refractivity contribution >= 4 is 11.4 Å². The number of nitro benzene ring substituents is 1. The average molecular weight is 408 g/mol. The summed E-state index contributed by atoms with van der Waals surface area (Å²) in [7, 11) is 0. The zero-order valence-corrected chi connectivity index (χ0v) is 15.1. The van der Waals surface area contributed by atoms with E-state index in [0.29, 0.717) is 5.75 Å². The Hall–Kier alpha value is -3.39. The van der Waals surface area contributed by atoms with Crippen LogP contribution in [0.3, 0.4) is 0 Å². The van der Waals surface area contributed by atoms with E-state index >= 15 is 0 Å². The quantitative estimate of drug-likeness (QED) is 0.552. The summed E-state index contributed by atoms with van der Waals surface area (Å²) in [4.78, 5) is 15.2. The summed E-state index contributed by atoms with van der Waals surface area (Å²) in [6.07, 6.45) is -6.46. The lowest BCUT2D eigenvalue weighted by Gasteiger charge is -2.26. The van der Waals surface area contributed by atoms with Gasteiger partial charge in [0.15, 0.2) is 0 Å². The van der Waals surface area contributed by atoms with Crippen LogP contribution in [-0.4, -0.2) is 41.6 Å². The molecule has 2 atom stereocenters. The van der Waals surface area contributed by atoms with Gasteiger partial charge in [-0.15, -0.1) is 0 Å². The van der Waals surface area contributed by atoms with Crippen molar-refractivity contribution in [3.63, 3.8) is 0 Å². The van der Waals surface area contributed by atoms with E-state index in [1.165, 1.54) is 43.5 Å². The fraction of sp³-hybridized carbons (Fsp3) is 0.333. The first-order chi connectivity index (χ1) is 13.7. The Morgan fingerprint density at radius 2 is 2.17 bits per heavy atom. The zero-order chi connectivity index (χ0) is 21.2. The SMILES string of the molecule is Cc1cc(N2CC(COc3ccc(C#N)nc3)OC2C(F)(F)F)ccc1[N+](=O)[O-]. The van der Waals surface area contributed by atoms with Crippen LogP contribution in [0.5, 0.6) is 5.75 Å². The van der Waals surface area contributed by atoms with Gasteiger partial charge in [-0.05, 0) is 31.2 Å². The van der Waals surface area contributed by atoms with Crippen molar-refractivity contribution in [2.75, 3.05) is 18.1 Å². The molecule has 2 heterocycles. The van der Waals surface area contributed by atoms with Gasteiger partial charge < -0.3 is 14.4 Å². The molecule has 0 radical (unpaired) electrons. The number of nitro groups is 1. The molecule has 3 rings (SSSR count). The summed E-state index contributed by atoms with van der Waals surface area (Å²) in [6.45, 7) is 1.17. The lowest BCUT2D eigenvalue weighted by Crippen LogP contribution is -2.42. The van der Waals surface area contributed by atoms with Gasteiger partial charge in [-0.3, -0.25) is 10.1 Å². The van der Waals surface area contributed by atoms with E-state index < -0.39 is 23.4 Å². The lowest BCUT2D eigenvalue weighted by molar-refractivity contribution is -0.385. The predicted molar refractivity (Wildman–Crippen MR) is 94.3 cm³/mol. The zero-order valence-electron chi connectivity index (χ0n) is 15.1. The van der Waals surface area contributed by atoms with Crippen LogP contribution in [0, 0.1) is 28.4 Å². The average Bonchev–Trinajstić information content (AvgIpc) is 3.11. The van der Waals surface area contributed by atoms with Crippen molar-refractivity contribution in [1.29, 1.82) is 5.26 Å². The number of benzene rings is 1. The maximum Gasteiger partial charge on any atom is 0.433 e. The Bertz CT molecular complexity index is 944. The molecule has 152 valence electrons. The highest BCUT2D eigenvalue weighted by atomic mass is 19.4. The summed E-state index contributed by atoms with van der Waals surface area (Å²) in [6, 6.07) is 8.52. The fourth-order valence-electron chi connectivity index (χ4n) is 2.94. The minimum atomic E-state index is -4.67. The second-order valence-corrected chi connectivity index (χ2v) is 6.33. The van der Waals surface area contributed by atoms with Crippen LogP contribution >= 0.6 is 0 Å². The van der Waals surface area contributed by atoms with E-state index in [0.717, 1.165) is 4.90 Å². The molecular formula is C18H15F3N4O4. The van der Waals surface area contributed by atoms with Gasteiger partial charge in [0, 0.05) is 17.3 Å². The van der Waals surface area contributed by atoms with Crippen LogP contribution in [0.4, 0.5) is 24.5 Å². The molecule has 29 heavy (non-hydrogen) atoms. The monoisotopic (exact) mass is 408 g/mol. The molecule has 1 fully saturated rings. The van der Waals surface area contributed by atoms with Crippen molar-refractivity contribution in [3.05, 3.63) is 57.9 Å². The Morgan fingerprint density at radius 3 is 2.72 bits per heavy atom. The summed E-state index contributed by atoms with van der Waals surface area (Å²) < 4.78 is 51.0. The van der Waals surface area contributed by atoms with E-state index in [9.17, 15) is 23.3 Å². The summed E-state index contributed by atoms with van der Waals surface area (Å²) in [5.41, 5.74) is 0.423. The third kappa shape index (κ3) is 4.55. The normalized spacial score (nSPS) is 19.1. The van der Waals surface area contributed by atoms with Crippen LogP contribution in [-0.2, 0) is 4.74 Å². The fourth-order valence-corrected chi connectivity index (χ4v) is 2.94. The highest BCUT2D eigenvalue weighted by Crippen LogP contribution is 2.36. The van der Waals surface area contributed by atoms with E-state index in [2.05, 4.69) is 4.98 Å². The molecule has 1 aliphatic rings. The van der Waals surface area contributed by atoms with E-state index in [1.807, 2.05) is 6.07 Å². The summed E-state index contributed by atoms with van der Waals surface area (Å²) in [5.74, 6) is 0.292. The largest absolute Gasteiger partial charge is 0.489 e. The lowest BCUT2D eigenvalue weighted by atomic mass is 10.1. The van der Waals surface area contributed by atoms with E-state index in [-0.39, 0.29) is 35.8 Å². The second-order valence-electron chi connectivity index (χ2n) is 6.33. The summed E-state index contributed by atoms with van der Waals surface area (Å²) in [5, 5.41) is 19.7. The number of nitrogens with zero attached hydrogens (tertiary/aromatic N) is 4.